The van der Waals surface area contributed by atoms with Crippen molar-refractivity contribution in [3.8, 4) is 23.0 Å². The number of aliphatic imine (C=N–C) groups is 1. The number of hydrogen-bond donors (Lipinski definition) is 1. The van der Waals surface area contributed by atoms with E-state index in [4.69, 9.17) is 18.9 Å². The van der Waals surface area contributed by atoms with Crippen LogP contribution < -0.4 is 24.3 Å². The number of guanidine groups is 1. The molecule has 0 unspecified atom stereocenters. The second kappa shape index (κ2) is 13.0. The van der Waals surface area contributed by atoms with Gasteiger partial charge in [0.05, 0.1) is 27.9 Å². The molecule has 0 aliphatic carbocycles. The second-order valence-electron chi connectivity index (χ2n) is 6.33. The summed E-state index contributed by atoms with van der Waals surface area (Å²) in [5.74, 6) is 3.50. The Bertz CT molecular complexity index is 813. The minimum atomic E-state index is 0. The van der Waals surface area contributed by atoms with Crippen LogP contribution in [0.3, 0.4) is 0 Å². The molecule has 1 N–H and O–H groups in total. The van der Waals surface area contributed by atoms with Gasteiger partial charge in [-0.1, -0.05) is 12.1 Å². The molecule has 2 aromatic carbocycles. The van der Waals surface area contributed by atoms with Crippen LogP contribution in [0.25, 0.3) is 0 Å². The topological polar surface area (TPSA) is 64.6 Å². The van der Waals surface area contributed by atoms with Gasteiger partial charge in [-0.05, 0) is 36.8 Å². The normalized spacial score (nSPS) is 10.7. The molecule has 0 saturated heterocycles. The number of nitrogens with zero attached hydrogens (tertiary/aromatic N) is 2. The lowest BCUT2D eigenvalue weighted by Gasteiger charge is -2.23. The summed E-state index contributed by atoms with van der Waals surface area (Å²) in [6.07, 6.45) is 0. The van der Waals surface area contributed by atoms with Crippen LogP contribution >= 0.6 is 24.0 Å². The van der Waals surface area contributed by atoms with E-state index in [2.05, 4.69) is 27.3 Å². The maximum absolute atomic E-state index is 5.55. The monoisotopic (exact) mass is 529 g/mol. The Morgan fingerprint density at radius 1 is 0.967 bits per heavy atom. The predicted octanol–water partition coefficient (Wildman–Crippen LogP) is 3.94. The molecular weight excluding hydrogens is 497 g/mol. The zero-order valence-corrected chi connectivity index (χ0v) is 20.9. The van der Waals surface area contributed by atoms with E-state index in [9.17, 15) is 0 Å². The Morgan fingerprint density at radius 3 is 2.17 bits per heavy atom. The molecule has 0 amide bonds. The largest absolute Gasteiger partial charge is 0.494 e. The van der Waals surface area contributed by atoms with E-state index in [1.165, 1.54) is 5.56 Å². The minimum Gasteiger partial charge on any atom is -0.494 e. The highest BCUT2D eigenvalue weighted by Gasteiger charge is 2.16. The lowest BCUT2D eigenvalue weighted by atomic mass is 10.1. The molecule has 0 aromatic heterocycles. The van der Waals surface area contributed by atoms with E-state index in [1.807, 2.05) is 38.2 Å². The van der Waals surface area contributed by atoms with Crippen LogP contribution in [0, 0.1) is 0 Å². The van der Waals surface area contributed by atoms with Gasteiger partial charge in [0.25, 0.3) is 0 Å². The van der Waals surface area contributed by atoms with Crippen molar-refractivity contribution in [2.75, 3.05) is 42.0 Å². The van der Waals surface area contributed by atoms with Crippen LogP contribution in [-0.4, -0.2) is 52.9 Å². The van der Waals surface area contributed by atoms with Crippen molar-refractivity contribution in [2.45, 2.75) is 20.0 Å². The second-order valence-corrected chi connectivity index (χ2v) is 6.33. The quantitative estimate of drug-likeness (QED) is 0.302. The van der Waals surface area contributed by atoms with Gasteiger partial charge in [-0.25, -0.2) is 0 Å². The zero-order chi connectivity index (χ0) is 21.2. The number of hydrogen-bond acceptors (Lipinski definition) is 5. The van der Waals surface area contributed by atoms with Crippen molar-refractivity contribution in [1.82, 2.24) is 10.2 Å². The van der Waals surface area contributed by atoms with Crippen LogP contribution in [0.4, 0.5) is 0 Å². The first-order valence-electron chi connectivity index (χ1n) is 9.49. The van der Waals surface area contributed by atoms with Gasteiger partial charge in [0, 0.05) is 32.7 Å². The summed E-state index contributed by atoms with van der Waals surface area (Å²) in [5, 5.41) is 3.38. The average Bonchev–Trinajstić information content (AvgIpc) is 2.75. The summed E-state index contributed by atoms with van der Waals surface area (Å²) in [6, 6.07) is 11.9. The standard InChI is InChI=1S/C22H31N3O4.HI/c1-7-29-18-11-8-16(9-12-18)15-25(3)22(23-2)24-14-17-10-13-19(26-4)21(28-6)20(17)27-5;/h8-13H,7,14-15H2,1-6H3,(H,23,24);1H. The third-order valence-corrected chi connectivity index (χ3v) is 4.45. The Hall–Kier alpha value is -2.36. The smallest absolute Gasteiger partial charge is 0.203 e. The molecule has 0 heterocycles. The number of ether oxygens (including phenoxy) is 4. The molecule has 2 rings (SSSR count). The molecule has 0 saturated carbocycles. The third kappa shape index (κ3) is 6.58. The summed E-state index contributed by atoms with van der Waals surface area (Å²) >= 11 is 0. The molecule has 0 bridgehead atoms. The summed E-state index contributed by atoms with van der Waals surface area (Å²) in [6.45, 7) is 3.89. The summed E-state index contributed by atoms with van der Waals surface area (Å²) < 4.78 is 21.9. The van der Waals surface area contributed by atoms with Crippen LogP contribution in [-0.2, 0) is 13.1 Å². The zero-order valence-electron chi connectivity index (χ0n) is 18.5. The van der Waals surface area contributed by atoms with Gasteiger partial charge in [-0.3, -0.25) is 4.99 Å². The fourth-order valence-corrected chi connectivity index (χ4v) is 3.07. The molecule has 0 radical (unpaired) electrons. The van der Waals surface area contributed by atoms with E-state index >= 15 is 0 Å². The molecule has 30 heavy (non-hydrogen) atoms. The molecule has 0 atom stereocenters. The van der Waals surface area contributed by atoms with E-state index < -0.39 is 0 Å². The molecule has 0 aliphatic heterocycles. The van der Waals surface area contributed by atoms with Crippen molar-refractivity contribution in [3.05, 3.63) is 47.5 Å². The van der Waals surface area contributed by atoms with Crippen molar-refractivity contribution in [3.63, 3.8) is 0 Å². The molecule has 0 aliphatic rings. The lowest BCUT2D eigenvalue weighted by molar-refractivity contribution is 0.322. The SMILES string of the molecule is CCOc1ccc(CN(C)C(=NC)NCc2ccc(OC)c(OC)c2OC)cc1.I. The van der Waals surface area contributed by atoms with Crippen molar-refractivity contribution in [1.29, 1.82) is 0 Å². The maximum atomic E-state index is 5.55. The summed E-state index contributed by atoms with van der Waals surface area (Å²) in [7, 11) is 8.59. The molecular formula is C22H32IN3O4. The number of methoxy groups -OCH3 is 3. The Balaban J connectivity index is 0.00000450. The van der Waals surface area contributed by atoms with E-state index in [0.717, 1.165) is 23.8 Å². The van der Waals surface area contributed by atoms with E-state index in [0.29, 0.717) is 30.4 Å². The average molecular weight is 529 g/mol. The number of benzene rings is 2. The fourth-order valence-electron chi connectivity index (χ4n) is 3.07. The van der Waals surface area contributed by atoms with E-state index in [1.54, 1.807) is 28.4 Å². The Labute approximate surface area is 196 Å². The first kappa shape index (κ1) is 25.7. The molecule has 8 heteroatoms. The predicted molar refractivity (Wildman–Crippen MR) is 131 cm³/mol. The van der Waals surface area contributed by atoms with Gasteiger partial charge in [0.2, 0.25) is 5.75 Å². The molecule has 166 valence electrons. The van der Waals surface area contributed by atoms with Gasteiger partial charge < -0.3 is 29.2 Å². The number of rotatable bonds is 9. The fraction of sp³-hybridized carbons (Fsp3) is 0.409. The molecule has 7 nitrogen and oxygen atoms in total. The van der Waals surface area contributed by atoms with Gasteiger partial charge >= 0.3 is 0 Å². The minimum absolute atomic E-state index is 0. The first-order chi connectivity index (χ1) is 14.1. The molecule has 2 aromatic rings. The van der Waals surface area contributed by atoms with Crippen molar-refractivity contribution in [2.24, 2.45) is 4.99 Å². The van der Waals surface area contributed by atoms with E-state index in [-0.39, 0.29) is 24.0 Å². The van der Waals surface area contributed by atoms with Crippen LogP contribution in [0.2, 0.25) is 0 Å². The Morgan fingerprint density at radius 2 is 1.63 bits per heavy atom. The highest BCUT2D eigenvalue weighted by molar-refractivity contribution is 14.0. The van der Waals surface area contributed by atoms with Crippen LogP contribution in [0.15, 0.2) is 41.4 Å². The van der Waals surface area contributed by atoms with Crippen LogP contribution in [0.5, 0.6) is 23.0 Å². The van der Waals surface area contributed by atoms with Crippen molar-refractivity contribution < 1.29 is 18.9 Å². The number of halogens is 1. The highest BCUT2D eigenvalue weighted by atomic mass is 127. The molecule has 0 spiro atoms. The van der Waals surface area contributed by atoms with Gasteiger partial charge in [0.1, 0.15) is 5.75 Å². The van der Waals surface area contributed by atoms with Crippen molar-refractivity contribution >= 4 is 29.9 Å². The van der Waals surface area contributed by atoms with Crippen LogP contribution in [0.1, 0.15) is 18.1 Å². The Kier molecular flexibility index (Phi) is 11.2. The number of nitrogens with one attached hydrogen (secondary N) is 1. The molecule has 0 fully saturated rings. The maximum Gasteiger partial charge on any atom is 0.203 e. The highest BCUT2D eigenvalue weighted by Crippen LogP contribution is 2.39. The summed E-state index contributed by atoms with van der Waals surface area (Å²) in [5.41, 5.74) is 2.11. The van der Waals surface area contributed by atoms with Gasteiger partial charge in [-0.2, -0.15) is 0 Å². The first-order valence-corrected chi connectivity index (χ1v) is 9.49. The van der Waals surface area contributed by atoms with Gasteiger partial charge in [-0.15, -0.1) is 24.0 Å². The summed E-state index contributed by atoms with van der Waals surface area (Å²) in [4.78, 5) is 6.45. The van der Waals surface area contributed by atoms with Gasteiger partial charge in [0.15, 0.2) is 17.5 Å². The third-order valence-electron chi connectivity index (χ3n) is 4.45. The lowest BCUT2D eigenvalue weighted by Crippen LogP contribution is -2.38.